The van der Waals surface area contributed by atoms with Gasteiger partial charge in [-0.3, -0.25) is 9.59 Å². The molecular formula is C33H38FN3O6. The van der Waals surface area contributed by atoms with Gasteiger partial charge in [0.1, 0.15) is 5.69 Å². The molecule has 43 heavy (non-hydrogen) atoms. The van der Waals surface area contributed by atoms with Gasteiger partial charge in [-0.2, -0.15) is 0 Å². The third kappa shape index (κ3) is 5.11. The van der Waals surface area contributed by atoms with E-state index in [0.717, 1.165) is 38.8 Å². The van der Waals surface area contributed by atoms with Crippen LogP contribution in [-0.4, -0.2) is 76.4 Å². The van der Waals surface area contributed by atoms with E-state index in [0.29, 0.717) is 58.3 Å². The molecule has 0 amide bonds. The molecule has 0 bridgehead atoms. The Balaban J connectivity index is 1.41. The lowest BCUT2D eigenvalue weighted by atomic mass is 9.93. The topological polar surface area (TPSA) is 82.5 Å². The number of allylic oxidation sites excluding steroid dienone is 1. The molecule has 2 aliphatic heterocycles. The number of piperidine rings is 1. The normalized spacial score (nSPS) is 20.5. The van der Waals surface area contributed by atoms with Crippen LogP contribution in [0.2, 0.25) is 0 Å². The van der Waals surface area contributed by atoms with Gasteiger partial charge in [0.15, 0.2) is 28.8 Å². The average molecular weight is 592 g/mol. The number of pyridine rings is 1. The molecule has 6 rings (SSSR count). The van der Waals surface area contributed by atoms with Crippen LogP contribution in [0.25, 0.3) is 17.0 Å². The number of halogens is 1. The van der Waals surface area contributed by atoms with Gasteiger partial charge in [0.05, 0.1) is 44.9 Å². The summed E-state index contributed by atoms with van der Waals surface area (Å²) in [6.45, 7) is 2.48. The van der Waals surface area contributed by atoms with Crippen LogP contribution in [0, 0.1) is 11.7 Å². The fraction of sp³-hybridized carbons (Fsp3) is 0.455. The molecule has 2 atom stereocenters. The first-order valence-electron chi connectivity index (χ1n) is 14.7. The largest absolute Gasteiger partial charge is 0.493 e. The van der Waals surface area contributed by atoms with E-state index in [1.807, 2.05) is 4.57 Å². The Morgan fingerprint density at radius 3 is 2.26 bits per heavy atom. The van der Waals surface area contributed by atoms with Crippen LogP contribution in [-0.2, 0) is 0 Å². The van der Waals surface area contributed by atoms with E-state index in [4.69, 9.17) is 18.9 Å². The number of hydrogen-bond donors (Lipinski definition) is 0. The summed E-state index contributed by atoms with van der Waals surface area (Å²) in [4.78, 5) is 31.7. The zero-order chi connectivity index (χ0) is 30.4. The fourth-order valence-electron chi connectivity index (χ4n) is 6.80. The van der Waals surface area contributed by atoms with E-state index in [1.54, 1.807) is 24.4 Å². The molecule has 0 N–H and O–H groups in total. The molecule has 228 valence electrons. The van der Waals surface area contributed by atoms with Crippen LogP contribution in [0.1, 0.15) is 47.6 Å². The van der Waals surface area contributed by atoms with Gasteiger partial charge in [-0.25, -0.2) is 4.39 Å². The number of rotatable bonds is 9. The highest BCUT2D eigenvalue weighted by molar-refractivity contribution is 6.08. The van der Waals surface area contributed by atoms with Crippen molar-refractivity contribution in [1.82, 2.24) is 9.47 Å². The summed E-state index contributed by atoms with van der Waals surface area (Å²) in [6.07, 6.45) is 8.60. The summed E-state index contributed by atoms with van der Waals surface area (Å²) in [5.74, 6) is 1.14. The van der Waals surface area contributed by atoms with E-state index in [9.17, 15) is 9.59 Å². The lowest BCUT2D eigenvalue weighted by molar-refractivity contribution is 0.104. The second-order valence-electron chi connectivity index (χ2n) is 11.7. The second kappa shape index (κ2) is 11.6. The van der Waals surface area contributed by atoms with Crippen LogP contribution in [0.3, 0.4) is 0 Å². The van der Waals surface area contributed by atoms with Gasteiger partial charge in [-0.1, -0.05) is 6.08 Å². The summed E-state index contributed by atoms with van der Waals surface area (Å²) in [5, 5.41) is 0.144. The van der Waals surface area contributed by atoms with Crippen molar-refractivity contribution in [3.8, 4) is 23.0 Å². The molecule has 9 nitrogen and oxygen atoms in total. The van der Waals surface area contributed by atoms with Crippen molar-refractivity contribution >= 4 is 28.4 Å². The molecule has 1 saturated carbocycles. The molecule has 0 radical (unpaired) electrons. The third-order valence-corrected chi connectivity index (χ3v) is 9.10. The molecule has 3 fully saturated rings. The van der Waals surface area contributed by atoms with Crippen LogP contribution >= 0.6 is 0 Å². The number of carbonyl (C=O) groups excluding carboxylic acids is 1. The van der Waals surface area contributed by atoms with Crippen LogP contribution in [0.5, 0.6) is 23.0 Å². The van der Waals surface area contributed by atoms with Crippen molar-refractivity contribution in [3.05, 3.63) is 57.6 Å². The van der Waals surface area contributed by atoms with Gasteiger partial charge in [-0.15, -0.1) is 0 Å². The molecule has 1 aromatic heterocycles. The number of nitrogens with zero attached hydrogens (tertiary/aromatic N) is 3. The van der Waals surface area contributed by atoms with Gasteiger partial charge in [0.25, 0.3) is 0 Å². The van der Waals surface area contributed by atoms with Gasteiger partial charge >= 0.3 is 0 Å². The van der Waals surface area contributed by atoms with E-state index >= 15 is 4.39 Å². The van der Waals surface area contributed by atoms with Gasteiger partial charge in [-0.05, 0) is 75.0 Å². The van der Waals surface area contributed by atoms with E-state index in [-0.39, 0.29) is 17.0 Å². The number of ether oxygens (including phenoxy) is 4. The maximum Gasteiger partial charge on any atom is 0.203 e. The first kappa shape index (κ1) is 29.0. The van der Waals surface area contributed by atoms with Crippen molar-refractivity contribution in [3.63, 3.8) is 0 Å². The molecule has 3 aliphatic rings. The van der Waals surface area contributed by atoms with Crippen molar-refractivity contribution < 1.29 is 28.1 Å². The number of anilines is 1. The maximum atomic E-state index is 16.0. The SMILES string of the molecule is COc1cc(C=CC(=O)c2cn(C3CC3)c3c(OC)c(N4CC5CCCN(C)C5C4)c(F)cc3c2=O)cc(OC)c1OC. The summed E-state index contributed by atoms with van der Waals surface area (Å²) < 4.78 is 40.0. The van der Waals surface area contributed by atoms with Crippen molar-refractivity contribution in [2.24, 2.45) is 5.92 Å². The minimum Gasteiger partial charge on any atom is -0.493 e. The van der Waals surface area contributed by atoms with Crippen molar-refractivity contribution in [1.29, 1.82) is 0 Å². The second-order valence-corrected chi connectivity index (χ2v) is 11.7. The predicted molar refractivity (Wildman–Crippen MR) is 164 cm³/mol. The Labute approximate surface area is 250 Å². The number of likely N-dealkylation sites (N-methyl/N-ethyl adjacent to an activating group) is 1. The molecule has 2 unspecified atom stereocenters. The lowest BCUT2D eigenvalue weighted by Crippen LogP contribution is -2.42. The standard InChI is InChI=1S/C33H38FN3O6/c1-35-12-6-7-20-16-36(18-25(20)35)30-24(34)15-22-29(33(30)43-5)37(21-9-10-21)17-23(31(22)39)26(38)11-8-19-13-27(40-2)32(42-4)28(14-19)41-3/h8,11,13-15,17,20-21,25H,6-7,9-10,12,16,18H2,1-5H3. The van der Waals surface area contributed by atoms with Gasteiger partial charge in [0.2, 0.25) is 11.2 Å². The number of carbonyl (C=O) groups is 1. The van der Waals surface area contributed by atoms with Crippen LogP contribution in [0.4, 0.5) is 10.1 Å². The predicted octanol–water partition coefficient (Wildman–Crippen LogP) is 4.94. The highest BCUT2D eigenvalue weighted by Crippen LogP contribution is 2.45. The summed E-state index contributed by atoms with van der Waals surface area (Å²) in [5.41, 5.74) is 1.02. The zero-order valence-corrected chi connectivity index (χ0v) is 25.3. The van der Waals surface area contributed by atoms with Gasteiger partial charge < -0.3 is 33.3 Å². The number of benzene rings is 2. The zero-order valence-electron chi connectivity index (χ0n) is 25.3. The minimum atomic E-state index is -0.523. The molecular weight excluding hydrogens is 553 g/mol. The smallest absolute Gasteiger partial charge is 0.203 e. The molecule has 2 saturated heterocycles. The summed E-state index contributed by atoms with van der Waals surface area (Å²) >= 11 is 0. The number of fused-ring (bicyclic) bond motifs is 2. The molecule has 3 heterocycles. The number of hydrogen-bond acceptors (Lipinski definition) is 8. The molecule has 1 aliphatic carbocycles. The Hall–Kier alpha value is -4.05. The highest BCUT2D eigenvalue weighted by atomic mass is 19.1. The molecule has 0 spiro atoms. The number of ketones is 1. The Morgan fingerprint density at radius 1 is 0.953 bits per heavy atom. The maximum absolute atomic E-state index is 16.0. The summed E-state index contributed by atoms with van der Waals surface area (Å²) in [6, 6.07) is 5.17. The van der Waals surface area contributed by atoms with E-state index in [2.05, 4.69) is 16.8 Å². The lowest BCUT2D eigenvalue weighted by Gasteiger charge is -2.33. The molecule has 3 aromatic rings. The first-order chi connectivity index (χ1) is 20.8. The Bertz CT molecular complexity index is 1640. The minimum absolute atomic E-state index is 0.0221. The summed E-state index contributed by atoms with van der Waals surface area (Å²) in [7, 11) is 8.20. The van der Waals surface area contributed by atoms with Crippen LogP contribution < -0.4 is 29.3 Å². The van der Waals surface area contributed by atoms with Gasteiger partial charge in [0, 0.05) is 31.4 Å². The number of methoxy groups -OCH3 is 4. The fourth-order valence-corrected chi connectivity index (χ4v) is 6.80. The quantitative estimate of drug-likeness (QED) is 0.256. The number of aromatic nitrogens is 1. The van der Waals surface area contributed by atoms with Crippen molar-refractivity contribution in [2.45, 2.75) is 37.8 Å². The molecule has 2 aromatic carbocycles. The molecule has 10 heteroatoms. The highest BCUT2D eigenvalue weighted by Gasteiger charge is 2.40. The average Bonchev–Trinajstić information content (AvgIpc) is 3.77. The number of likely N-dealkylation sites (tertiary alicyclic amines) is 1. The Kier molecular flexibility index (Phi) is 7.81. The first-order valence-corrected chi connectivity index (χ1v) is 14.7. The Morgan fingerprint density at radius 2 is 1.65 bits per heavy atom. The third-order valence-electron chi connectivity index (χ3n) is 9.10. The van der Waals surface area contributed by atoms with E-state index in [1.165, 1.54) is 40.6 Å². The van der Waals surface area contributed by atoms with Crippen LogP contribution in [0.15, 0.2) is 35.3 Å². The van der Waals surface area contributed by atoms with Crippen molar-refractivity contribution in [2.75, 3.05) is 60.0 Å². The monoisotopic (exact) mass is 591 g/mol. The van der Waals surface area contributed by atoms with E-state index < -0.39 is 17.0 Å².